The minimum Gasteiger partial charge on any atom is -0.497 e. The molecular formula is C19H22O4. The summed E-state index contributed by atoms with van der Waals surface area (Å²) in [6.45, 7) is 6.03. The molecule has 0 aliphatic rings. The van der Waals surface area contributed by atoms with E-state index in [1.165, 1.54) is 5.56 Å². The highest BCUT2D eigenvalue weighted by Crippen LogP contribution is 2.23. The van der Waals surface area contributed by atoms with Crippen molar-refractivity contribution in [2.24, 2.45) is 0 Å². The maximum absolute atomic E-state index is 11.6. The lowest BCUT2D eigenvalue weighted by Crippen LogP contribution is -2.30. The van der Waals surface area contributed by atoms with E-state index in [1.807, 2.05) is 20.8 Å². The molecule has 4 heteroatoms. The molecular weight excluding hydrogens is 292 g/mol. The van der Waals surface area contributed by atoms with Gasteiger partial charge in [0.2, 0.25) is 0 Å². The number of carboxylic acids is 1. The highest BCUT2D eigenvalue weighted by molar-refractivity contribution is 5.73. The summed E-state index contributed by atoms with van der Waals surface area (Å²) in [7, 11) is 1.56. The zero-order chi connectivity index (χ0) is 17.0. The van der Waals surface area contributed by atoms with Crippen LogP contribution in [0.2, 0.25) is 0 Å². The second-order valence-electron chi connectivity index (χ2n) is 5.71. The maximum Gasteiger partial charge on any atom is 0.345 e. The molecule has 0 aliphatic heterocycles. The van der Waals surface area contributed by atoms with Crippen molar-refractivity contribution in [3.05, 3.63) is 58.7 Å². The Kier molecular flexibility index (Phi) is 5.27. The molecule has 4 nitrogen and oxygen atoms in total. The molecule has 0 saturated heterocycles. The Bertz CT molecular complexity index is 683. The largest absolute Gasteiger partial charge is 0.497 e. The van der Waals surface area contributed by atoms with Gasteiger partial charge in [-0.2, -0.15) is 0 Å². The molecule has 1 N–H and O–H groups in total. The lowest BCUT2D eigenvalue weighted by atomic mass is 9.95. The van der Waals surface area contributed by atoms with E-state index in [1.54, 1.807) is 31.4 Å². The fraction of sp³-hybridized carbons (Fsp3) is 0.316. The van der Waals surface area contributed by atoms with Gasteiger partial charge in [0.05, 0.1) is 7.11 Å². The van der Waals surface area contributed by atoms with E-state index in [4.69, 9.17) is 9.47 Å². The summed E-state index contributed by atoms with van der Waals surface area (Å²) in [5.74, 6) is 0.140. The predicted molar refractivity (Wildman–Crippen MR) is 89.4 cm³/mol. The number of carbonyl (C=O) groups is 1. The molecule has 0 radical (unpaired) electrons. The van der Waals surface area contributed by atoms with E-state index >= 15 is 0 Å². The fourth-order valence-corrected chi connectivity index (χ4v) is 2.74. The summed E-state index contributed by atoms with van der Waals surface area (Å²) in [6.07, 6.45) is -0.618. The molecule has 0 saturated carbocycles. The number of rotatable bonds is 6. The summed E-state index contributed by atoms with van der Waals surface area (Å²) in [5.41, 5.74) is 4.36. The number of hydrogen-bond donors (Lipinski definition) is 1. The van der Waals surface area contributed by atoms with Crippen LogP contribution < -0.4 is 9.47 Å². The first-order chi connectivity index (χ1) is 10.9. The molecule has 0 unspecified atom stereocenters. The van der Waals surface area contributed by atoms with Crippen LogP contribution in [-0.4, -0.2) is 24.3 Å². The Morgan fingerprint density at radius 1 is 1.09 bits per heavy atom. The van der Waals surface area contributed by atoms with E-state index in [2.05, 4.69) is 12.1 Å². The van der Waals surface area contributed by atoms with Crippen molar-refractivity contribution in [2.45, 2.75) is 33.3 Å². The first kappa shape index (κ1) is 16.9. The average molecular weight is 314 g/mol. The van der Waals surface area contributed by atoms with Crippen LogP contribution >= 0.6 is 0 Å². The van der Waals surface area contributed by atoms with Gasteiger partial charge in [0.15, 0.2) is 6.10 Å². The quantitative estimate of drug-likeness (QED) is 0.883. The molecule has 2 rings (SSSR count). The maximum atomic E-state index is 11.6. The summed E-state index contributed by atoms with van der Waals surface area (Å²) in [5, 5.41) is 9.50. The minimum atomic E-state index is -0.979. The summed E-state index contributed by atoms with van der Waals surface area (Å²) in [6, 6.07) is 11.1. The van der Waals surface area contributed by atoms with Crippen LogP contribution in [-0.2, 0) is 11.2 Å². The lowest BCUT2D eigenvalue weighted by molar-refractivity contribution is -0.145. The predicted octanol–water partition coefficient (Wildman–Crippen LogP) is 3.70. The molecule has 0 aliphatic carbocycles. The van der Waals surface area contributed by atoms with Gasteiger partial charge in [-0.25, -0.2) is 4.79 Å². The number of aliphatic carboxylic acids is 1. The van der Waals surface area contributed by atoms with Gasteiger partial charge >= 0.3 is 5.97 Å². The molecule has 2 aromatic carbocycles. The Morgan fingerprint density at radius 3 is 2.26 bits per heavy atom. The van der Waals surface area contributed by atoms with E-state index in [9.17, 15) is 9.90 Å². The molecule has 0 heterocycles. The van der Waals surface area contributed by atoms with Crippen molar-refractivity contribution < 1.29 is 19.4 Å². The van der Waals surface area contributed by atoms with Gasteiger partial charge in [-0.1, -0.05) is 23.8 Å². The molecule has 0 bridgehead atoms. The highest BCUT2D eigenvalue weighted by Gasteiger charge is 2.22. The first-order valence-electron chi connectivity index (χ1n) is 7.51. The molecule has 23 heavy (non-hydrogen) atoms. The molecule has 1 atom stereocenters. The summed E-state index contributed by atoms with van der Waals surface area (Å²) in [4.78, 5) is 11.6. The van der Waals surface area contributed by atoms with Gasteiger partial charge in [0.1, 0.15) is 11.5 Å². The molecule has 0 aromatic heterocycles. The van der Waals surface area contributed by atoms with Gasteiger partial charge in [0, 0.05) is 12.5 Å². The van der Waals surface area contributed by atoms with Gasteiger partial charge in [-0.05, 0) is 49.6 Å². The van der Waals surface area contributed by atoms with E-state index < -0.39 is 12.1 Å². The summed E-state index contributed by atoms with van der Waals surface area (Å²) < 4.78 is 10.8. The number of aryl methyl sites for hydroxylation is 3. The molecule has 0 spiro atoms. The van der Waals surface area contributed by atoms with Gasteiger partial charge in [-0.3, -0.25) is 0 Å². The third-order valence-corrected chi connectivity index (χ3v) is 3.82. The second kappa shape index (κ2) is 7.18. The third-order valence-electron chi connectivity index (χ3n) is 3.82. The number of carboxylic acid groups (broad SMARTS) is 1. The zero-order valence-electron chi connectivity index (χ0n) is 13.9. The topological polar surface area (TPSA) is 55.8 Å². The van der Waals surface area contributed by atoms with Crippen LogP contribution in [0.1, 0.15) is 22.3 Å². The Hall–Kier alpha value is -2.49. The SMILES string of the molecule is COc1cccc(O[C@H](Cc2c(C)cc(C)cc2C)C(=O)O)c1. The van der Waals surface area contributed by atoms with Gasteiger partial charge < -0.3 is 14.6 Å². The molecule has 122 valence electrons. The normalized spacial score (nSPS) is 11.8. The van der Waals surface area contributed by atoms with Crippen molar-refractivity contribution in [2.75, 3.05) is 7.11 Å². The van der Waals surface area contributed by atoms with Crippen molar-refractivity contribution in [1.82, 2.24) is 0 Å². The van der Waals surface area contributed by atoms with E-state index in [0.29, 0.717) is 17.9 Å². The minimum absolute atomic E-state index is 0.324. The standard InChI is InChI=1S/C19H22O4/c1-12-8-13(2)17(14(3)9-12)11-18(19(20)21)23-16-7-5-6-15(10-16)22-4/h5-10,18H,11H2,1-4H3,(H,20,21)/t18-/m1/s1. The number of methoxy groups -OCH3 is 1. The van der Waals surface area contributed by atoms with Crippen LogP contribution in [0.3, 0.4) is 0 Å². The van der Waals surface area contributed by atoms with Gasteiger partial charge in [0.25, 0.3) is 0 Å². The monoisotopic (exact) mass is 314 g/mol. The Labute approximate surface area is 136 Å². The van der Waals surface area contributed by atoms with Crippen molar-refractivity contribution in [3.8, 4) is 11.5 Å². The number of ether oxygens (including phenoxy) is 2. The van der Waals surface area contributed by atoms with Crippen LogP contribution in [0.5, 0.6) is 11.5 Å². The van der Waals surface area contributed by atoms with Crippen molar-refractivity contribution in [3.63, 3.8) is 0 Å². The highest BCUT2D eigenvalue weighted by atomic mass is 16.5. The Morgan fingerprint density at radius 2 is 1.70 bits per heavy atom. The molecule has 2 aromatic rings. The lowest BCUT2D eigenvalue weighted by Gasteiger charge is -2.18. The van der Waals surface area contributed by atoms with Gasteiger partial charge in [-0.15, -0.1) is 0 Å². The third kappa shape index (κ3) is 4.25. The Balaban J connectivity index is 2.24. The van der Waals surface area contributed by atoms with E-state index in [-0.39, 0.29) is 0 Å². The van der Waals surface area contributed by atoms with Crippen molar-refractivity contribution >= 4 is 5.97 Å². The van der Waals surface area contributed by atoms with Crippen LogP contribution in [0.25, 0.3) is 0 Å². The number of benzene rings is 2. The average Bonchev–Trinajstić information content (AvgIpc) is 2.49. The van der Waals surface area contributed by atoms with Crippen LogP contribution in [0.4, 0.5) is 0 Å². The smallest absolute Gasteiger partial charge is 0.345 e. The summed E-state index contributed by atoms with van der Waals surface area (Å²) >= 11 is 0. The fourth-order valence-electron chi connectivity index (χ4n) is 2.74. The van der Waals surface area contributed by atoms with E-state index in [0.717, 1.165) is 16.7 Å². The first-order valence-corrected chi connectivity index (χ1v) is 7.51. The second-order valence-corrected chi connectivity index (χ2v) is 5.71. The molecule has 0 amide bonds. The van der Waals surface area contributed by atoms with Crippen LogP contribution in [0, 0.1) is 20.8 Å². The van der Waals surface area contributed by atoms with Crippen molar-refractivity contribution in [1.29, 1.82) is 0 Å². The van der Waals surface area contributed by atoms with Crippen LogP contribution in [0.15, 0.2) is 36.4 Å². The number of hydrogen-bond acceptors (Lipinski definition) is 3. The molecule has 0 fully saturated rings. The zero-order valence-corrected chi connectivity index (χ0v) is 13.9.